The molecule has 2 amide bonds. The number of aromatic nitrogens is 2. The summed E-state index contributed by atoms with van der Waals surface area (Å²) >= 11 is 0. The van der Waals surface area contributed by atoms with E-state index >= 15 is 0 Å². The van der Waals surface area contributed by atoms with Gasteiger partial charge in [0.1, 0.15) is 6.04 Å². The minimum Gasteiger partial charge on any atom is -0.361 e. The molecule has 34 heavy (non-hydrogen) atoms. The highest BCUT2D eigenvalue weighted by Crippen LogP contribution is 2.21. The van der Waals surface area contributed by atoms with Gasteiger partial charge >= 0.3 is 0 Å². The average molecular weight is 456 g/mol. The Morgan fingerprint density at radius 3 is 2.62 bits per heavy atom. The number of benzene rings is 2. The number of para-hydroxylation sites is 2. The molecule has 7 nitrogen and oxygen atoms in total. The molecule has 1 fully saturated rings. The number of hydrogen-bond donors (Lipinski definition) is 2. The maximum atomic E-state index is 13.4. The topological polar surface area (TPSA) is 81.3 Å². The second-order valence-corrected chi connectivity index (χ2v) is 8.91. The van der Waals surface area contributed by atoms with Crippen LogP contribution < -0.4 is 5.32 Å². The van der Waals surface area contributed by atoms with Gasteiger partial charge in [-0.3, -0.25) is 19.5 Å². The Balaban J connectivity index is 1.25. The Morgan fingerprint density at radius 2 is 1.79 bits per heavy atom. The first-order chi connectivity index (χ1) is 16.6. The summed E-state index contributed by atoms with van der Waals surface area (Å²) in [4.78, 5) is 37.4. The fraction of sp³-hybridized carbons (Fsp3) is 0.296. The van der Waals surface area contributed by atoms with E-state index in [1.165, 1.54) is 12.5 Å². The summed E-state index contributed by atoms with van der Waals surface area (Å²) in [6, 6.07) is 17.8. The summed E-state index contributed by atoms with van der Waals surface area (Å²) in [5.41, 5.74) is 4.30. The number of fused-ring (bicyclic) bond motifs is 2. The molecule has 1 aliphatic rings. The van der Waals surface area contributed by atoms with Gasteiger partial charge in [0.15, 0.2) is 0 Å². The quantitative estimate of drug-likeness (QED) is 0.468. The van der Waals surface area contributed by atoms with Crippen molar-refractivity contribution in [1.82, 2.24) is 25.1 Å². The van der Waals surface area contributed by atoms with Crippen LogP contribution in [-0.4, -0.2) is 63.8 Å². The Labute approximate surface area is 198 Å². The monoisotopic (exact) mass is 455 g/mol. The molecule has 0 bridgehead atoms. The fourth-order valence-electron chi connectivity index (χ4n) is 4.85. The Hall–Kier alpha value is -3.71. The number of aromatic amines is 1. The molecule has 2 aromatic heterocycles. The van der Waals surface area contributed by atoms with E-state index in [4.69, 9.17) is 0 Å². The molecule has 1 saturated heterocycles. The van der Waals surface area contributed by atoms with E-state index in [-0.39, 0.29) is 11.8 Å². The number of hydrogen-bond acceptors (Lipinski definition) is 4. The number of carbonyl (C=O) groups excluding carboxylic acids is 2. The minimum absolute atomic E-state index is 0.0213. The zero-order valence-corrected chi connectivity index (χ0v) is 19.3. The van der Waals surface area contributed by atoms with Crippen molar-refractivity contribution >= 4 is 33.6 Å². The molecule has 0 aliphatic carbocycles. The van der Waals surface area contributed by atoms with Gasteiger partial charge in [-0.2, -0.15) is 0 Å². The molecule has 2 N–H and O–H groups in total. The third-order valence-electron chi connectivity index (χ3n) is 6.57. The second kappa shape index (κ2) is 9.65. The molecule has 1 atom stereocenters. The van der Waals surface area contributed by atoms with Crippen LogP contribution in [0.25, 0.3) is 21.8 Å². The Morgan fingerprint density at radius 1 is 1.00 bits per heavy atom. The molecule has 1 unspecified atom stereocenters. The van der Waals surface area contributed by atoms with E-state index < -0.39 is 6.04 Å². The first-order valence-corrected chi connectivity index (χ1v) is 11.7. The molecule has 0 saturated carbocycles. The van der Waals surface area contributed by atoms with Crippen molar-refractivity contribution in [3.8, 4) is 0 Å². The van der Waals surface area contributed by atoms with Gasteiger partial charge in [-0.05, 0) is 23.3 Å². The maximum absolute atomic E-state index is 13.4. The van der Waals surface area contributed by atoms with E-state index in [1.807, 2.05) is 47.6 Å². The zero-order chi connectivity index (χ0) is 23.5. The van der Waals surface area contributed by atoms with Crippen molar-refractivity contribution in [3.05, 3.63) is 78.1 Å². The molecule has 7 heteroatoms. The van der Waals surface area contributed by atoms with Crippen molar-refractivity contribution < 1.29 is 9.59 Å². The third-order valence-corrected chi connectivity index (χ3v) is 6.57. The second-order valence-electron chi connectivity index (χ2n) is 8.91. The van der Waals surface area contributed by atoms with E-state index in [2.05, 4.69) is 44.5 Å². The van der Waals surface area contributed by atoms with E-state index in [1.54, 1.807) is 0 Å². The predicted molar refractivity (Wildman–Crippen MR) is 133 cm³/mol. The van der Waals surface area contributed by atoms with Crippen LogP contribution in [0.3, 0.4) is 0 Å². The number of amides is 2. The van der Waals surface area contributed by atoms with Crippen molar-refractivity contribution in [2.45, 2.75) is 25.9 Å². The number of rotatable bonds is 6. The highest BCUT2D eigenvalue weighted by atomic mass is 16.2. The minimum atomic E-state index is -0.578. The van der Waals surface area contributed by atoms with Crippen LogP contribution in [0.4, 0.5) is 0 Å². The van der Waals surface area contributed by atoms with Crippen LogP contribution >= 0.6 is 0 Å². The van der Waals surface area contributed by atoms with Gasteiger partial charge in [-0.15, -0.1) is 0 Å². The number of H-pyrrole nitrogens is 1. The molecule has 3 heterocycles. The summed E-state index contributed by atoms with van der Waals surface area (Å²) in [6.07, 6.45) is 4.23. The van der Waals surface area contributed by atoms with Crippen molar-refractivity contribution in [3.63, 3.8) is 0 Å². The number of piperazine rings is 1. The van der Waals surface area contributed by atoms with Gasteiger partial charge in [0.2, 0.25) is 11.8 Å². The molecule has 1 aliphatic heterocycles. The molecule has 0 spiro atoms. The molecule has 2 aromatic carbocycles. The van der Waals surface area contributed by atoms with Crippen LogP contribution in [0.1, 0.15) is 18.1 Å². The van der Waals surface area contributed by atoms with Gasteiger partial charge in [-0.1, -0.05) is 42.5 Å². The predicted octanol–water partition coefficient (Wildman–Crippen LogP) is 3.11. The Bertz CT molecular complexity index is 1320. The van der Waals surface area contributed by atoms with Gasteiger partial charge in [-0.25, -0.2) is 0 Å². The number of pyridine rings is 1. The van der Waals surface area contributed by atoms with E-state index in [0.717, 1.165) is 47.0 Å². The molecule has 174 valence electrons. The molecule has 4 aromatic rings. The highest BCUT2D eigenvalue weighted by molar-refractivity contribution is 5.89. The first-order valence-electron chi connectivity index (χ1n) is 11.7. The van der Waals surface area contributed by atoms with Crippen LogP contribution in [0.2, 0.25) is 0 Å². The van der Waals surface area contributed by atoms with Gasteiger partial charge < -0.3 is 15.2 Å². The lowest BCUT2D eigenvalue weighted by atomic mass is 10.0. The summed E-state index contributed by atoms with van der Waals surface area (Å²) < 4.78 is 0. The summed E-state index contributed by atoms with van der Waals surface area (Å²) in [5.74, 6) is -0.216. The molecular weight excluding hydrogens is 426 g/mol. The lowest BCUT2D eigenvalue weighted by Crippen LogP contribution is -2.55. The van der Waals surface area contributed by atoms with Gasteiger partial charge in [0, 0.05) is 74.8 Å². The number of nitrogens with zero attached hydrogens (tertiary/aromatic N) is 3. The standard InChI is InChI=1S/C27H29N5O2/c1-19(33)30-25(16-22-17-29-24-10-3-2-9-23(22)24)27(34)32-14-12-31(13-15-32)18-21-7-4-6-20-8-5-11-28-26(20)21/h2-11,17,25,29H,12-16,18H2,1H3,(H,30,33). The summed E-state index contributed by atoms with van der Waals surface area (Å²) in [5, 5.41) is 5.11. The maximum Gasteiger partial charge on any atom is 0.245 e. The van der Waals surface area contributed by atoms with Crippen molar-refractivity contribution in [1.29, 1.82) is 0 Å². The van der Waals surface area contributed by atoms with Crippen LogP contribution in [0.15, 0.2) is 67.0 Å². The third kappa shape index (κ3) is 4.65. The van der Waals surface area contributed by atoms with Gasteiger partial charge in [0.25, 0.3) is 0 Å². The number of carbonyl (C=O) groups is 2. The molecule has 5 rings (SSSR count). The summed E-state index contributed by atoms with van der Waals surface area (Å²) in [7, 11) is 0. The molecular formula is C27H29N5O2. The average Bonchev–Trinajstić information content (AvgIpc) is 3.26. The van der Waals surface area contributed by atoms with E-state index in [9.17, 15) is 9.59 Å². The van der Waals surface area contributed by atoms with Gasteiger partial charge in [0.05, 0.1) is 5.52 Å². The SMILES string of the molecule is CC(=O)NC(Cc1c[nH]c2ccccc12)C(=O)N1CCN(Cc2cccc3cccnc23)CC1. The largest absolute Gasteiger partial charge is 0.361 e. The fourth-order valence-corrected chi connectivity index (χ4v) is 4.85. The van der Waals surface area contributed by atoms with Crippen molar-refractivity contribution in [2.75, 3.05) is 26.2 Å². The lowest BCUT2D eigenvalue weighted by molar-refractivity contribution is -0.137. The zero-order valence-electron chi connectivity index (χ0n) is 19.3. The molecule has 0 radical (unpaired) electrons. The highest BCUT2D eigenvalue weighted by Gasteiger charge is 2.29. The Kier molecular flexibility index (Phi) is 6.27. The number of nitrogens with one attached hydrogen (secondary N) is 2. The lowest BCUT2D eigenvalue weighted by Gasteiger charge is -2.36. The van der Waals surface area contributed by atoms with Crippen molar-refractivity contribution in [2.24, 2.45) is 0 Å². The van der Waals surface area contributed by atoms with Crippen LogP contribution in [0.5, 0.6) is 0 Å². The normalized spacial score (nSPS) is 15.5. The van der Waals surface area contributed by atoms with Crippen LogP contribution in [-0.2, 0) is 22.6 Å². The van der Waals surface area contributed by atoms with E-state index in [0.29, 0.717) is 19.5 Å². The van der Waals surface area contributed by atoms with Crippen LogP contribution in [0, 0.1) is 0 Å². The smallest absolute Gasteiger partial charge is 0.245 e. The summed E-state index contributed by atoms with van der Waals surface area (Å²) in [6.45, 7) is 5.12. The first kappa shape index (κ1) is 22.1.